The van der Waals surface area contributed by atoms with Crippen LogP contribution in [0.25, 0.3) is 0 Å². The van der Waals surface area contributed by atoms with Crippen LogP contribution in [-0.2, 0) is 16.1 Å². The summed E-state index contributed by atoms with van der Waals surface area (Å²) in [5.74, 6) is -0.981. The van der Waals surface area contributed by atoms with E-state index in [1.807, 2.05) is 30.3 Å². The van der Waals surface area contributed by atoms with E-state index in [9.17, 15) is 14.4 Å². The van der Waals surface area contributed by atoms with Crippen LogP contribution in [0.15, 0.2) is 54.7 Å². The SMILES string of the molecule is O=C1COc2ccc(C(=O)COC(=O)c3cn(Cc4ccccc4)nn3)cc2N1. The van der Waals surface area contributed by atoms with E-state index in [0.717, 1.165) is 5.56 Å². The molecule has 29 heavy (non-hydrogen) atoms. The summed E-state index contributed by atoms with van der Waals surface area (Å²) in [7, 11) is 0. The smallest absolute Gasteiger partial charge is 0.360 e. The number of nitrogens with one attached hydrogen (secondary N) is 1. The van der Waals surface area contributed by atoms with E-state index >= 15 is 0 Å². The Hall–Kier alpha value is -4.01. The molecule has 3 aromatic rings. The van der Waals surface area contributed by atoms with Gasteiger partial charge in [-0.2, -0.15) is 0 Å². The van der Waals surface area contributed by atoms with Crippen molar-refractivity contribution in [3.8, 4) is 5.75 Å². The molecular weight excluding hydrogens is 376 g/mol. The third-order valence-electron chi connectivity index (χ3n) is 4.20. The second-order valence-corrected chi connectivity index (χ2v) is 6.33. The standard InChI is InChI=1S/C20H16N4O5/c25-17(14-6-7-18-15(8-14)21-19(26)12-28-18)11-29-20(27)16-10-24(23-22-16)9-13-4-2-1-3-5-13/h1-8,10H,9,11-12H2,(H,21,26). The molecule has 0 saturated carbocycles. The number of ketones is 1. The lowest BCUT2D eigenvalue weighted by atomic mass is 10.1. The van der Waals surface area contributed by atoms with Crippen LogP contribution < -0.4 is 10.1 Å². The summed E-state index contributed by atoms with van der Waals surface area (Å²) in [5, 5.41) is 10.3. The van der Waals surface area contributed by atoms with Gasteiger partial charge in [0.05, 0.1) is 18.4 Å². The zero-order valence-electron chi connectivity index (χ0n) is 15.2. The van der Waals surface area contributed by atoms with E-state index in [2.05, 4.69) is 15.6 Å². The Bertz CT molecular complexity index is 1080. The Morgan fingerprint density at radius 1 is 1.17 bits per heavy atom. The van der Waals surface area contributed by atoms with Crippen molar-refractivity contribution in [1.29, 1.82) is 0 Å². The van der Waals surface area contributed by atoms with E-state index in [4.69, 9.17) is 9.47 Å². The molecule has 0 radical (unpaired) electrons. The quantitative estimate of drug-likeness (QED) is 0.502. The molecule has 0 fully saturated rings. The molecule has 0 aliphatic carbocycles. The highest BCUT2D eigenvalue weighted by Gasteiger charge is 2.19. The number of amides is 1. The van der Waals surface area contributed by atoms with E-state index in [1.54, 1.807) is 12.1 Å². The zero-order chi connectivity index (χ0) is 20.2. The van der Waals surface area contributed by atoms with Gasteiger partial charge in [0.25, 0.3) is 5.91 Å². The molecule has 1 aliphatic heterocycles. The number of rotatable bonds is 6. The largest absolute Gasteiger partial charge is 0.482 e. The van der Waals surface area contributed by atoms with Crippen molar-refractivity contribution in [1.82, 2.24) is 15.0 Å². The van der Waals surface area contributed by atoms with Gasteiger partial charge in [-0.15, -0.1) is 5.10 Å². The summed E-state index contributed by atoms with van der Waals surface area (Å²) in [6, 6.07) is 14.2. The van der Waals surface area contributed by atoms with Gasteiger partial charge >= 0.3 is 5.97 Å². The Morgan fingerprint density at radius 2 is 2.00 bits per heavy atom. The van der Waals surface area contributed by atoms with Gasteiger partial charge in [0.15, 0.2) is 24.7 Å². The normalized spacial score (nSPS) is 12.5. The number of esters is 1. The predicted octanol–water partition coefficient (Wildman–Crippen LogP) is 1.70. The fourth-order valence-corrected chi connectivity index (χ4v) is 2.78. The van der Waals surface area contributed by atoms with Gasteiger partial charge in [-0.05, 0) is 23.8 Å². The second-order valence-electron chi connectivity index (χ2n) is 6.33. The van der Waals surface area contributed by atoms with E-state index in [0.29, 0.717) is 18.0 Å². The molecule has 0 bridgehead atoms. The number of nitrogens with zero attached hydrogens (tertiary/aromatic N) is 3. The molecule has 4 rings (SSSR count). The average Bonchev–Trinajstić information content (AvgIpc) is 3.20. The van der Waals surface area contributed by atoms with Crippen LogP contribution in [0.4, 0.5) is 5.69 Å². The molecule has 9 nitrogen and oxygen atoms in total. The maximum atomic E-state index is 12.3. The van der Waals surface area contributed by atoms with E-state index < -0.39 is 18.4 Å². The van der Waals surface area contributed by atoms with Crippen molar-refractivity contribution < 1.29 is 23.9 Å². The number of aromatic nitrogens is 3. The van der Waals surface area contributed by atoms with Crippen LogP contribution in [0.2, 0.25) is 0 Å². The van der Waals surface area contributed by atoms with Crippen molar-refractivity contribution in [2.45, 2.75) is 6.54 Å². The Balaban J connectivity index is 1.35. The van der Waals surface area contributed by atoms with Crippen molar-refractivity contribution in [3.63, 3.8) is 0 Å². The lowest BCUT2D eigenvalue weighted by Crippen LogP contribution is -2.25. The predicted molar refractivity (Wildman–Crippen MR) is 101 cm³/mol. The molecule has 0 saturated heterocycles. The molecule has 146 valence electrons. The molecule has 0 spiro atoms. The van der Waals surface area contributed by atoms with Gasteiger partial charge in [0.2, 0.25) is 0 Å². The summed E-state index contributed by atoms with van der Waals surface area (Å²) in [6.07, 6.45) is 1.46. The molecule has 1 aromatic heterocycles. The maximum Gasteiger partial charge on any atom is 0.360 e. The monoisotopic (exact) mass is 392 g/mol. The lowest BCUT2D eigenvalue weighted by molar-refractivity contribution is -0.118. The van der Waals surface area contributed by atoms with Crippen LogP contribution in [-0.4, -0.2) is 45.9 Å². The van der Waals surface area contributed by atoms with Crippen molar-refractivity contribution in [2.24, 2.45) is 0 Å². The minimum absolute atomic E-state index is 0.0137. The molecule has 2 heterocycles. The highest BCUT2D eigenvalue weighted by molar-refractivity contribution is 6.02. The summed E-state index contributed by atoms with van der Waals surface area (Å²) in [6.45, 7) is -0.0657. The number of carbonyl (C=O) groups excluding carboxylic acids is 3. The number of hydrogen-bond donors (Lipinski definition) is 1. The first-order valence-corrected chi connectivity index (χ1v) is 8.79. The van der Waals surface area contributed by atoms with Gasteiger partial charge in [0.1, 0.15) is 5.75 Å². The minimum Gasteiger partial charge on any atom is -0.482 e. The number of Topliss-reactive ketones (excluding diaryl/α,β-unsaturated/α-hetero) is 1. The third-order valence-corrected chi connectivity index (χ3v) is 4.20. The lowest BCUT2D eigenvalue weighted by Gasteiger charge is -2.18. The minimum atomic E-state index is -0.743. The van der Waals surface area contributed by atoms with Gasteiger partial charge < -0.3 is 14.8 Å². The molecule has 1 aliphatic rings. The number of ether oxygens (including phenoxy) is 2. The fourth-order valence-electron chi connectivity index (χ4n) is 2.78. The molecule has 0 unspecified atom stereocenters. The Labute approximate surface area is 165 Å². The molecule has 9 heteroatoms. The van der Waals surface area contributed by atoms with Crippen LogP contribution in [0, 0.1) is 0 Å². The third kappa shape index (κ3) is 4.29. The zero-order valence-corrected chi connectivity index (χ0v) is 15.2. The Kier molecular flexibility index (Phi) is 5.02. The number of fused-ring (bicyclic) bond motifs is 1. The van der Waals surface area contributed by atoms with Gasteiger partial charge in [-0.25, -0.2) is 9.48 Å². The van der Waals surface area contributed by atoms with Gasteiger partial charge in [0, 0.05) is 5.56 Å². The van der Waals surface area contributed by atoms with Crippen LogP contribution in [0.1, 0.15) is 26.4 Å². The van der Waals surface area contributed by atoms with Crippen molar-refractivity contribution in [2.75, 3.05) is 18.5 Å². The average molecular weight is 392 g/mol. The van der Waals surface area contributed by atoms with Gasteiger partial charge in [-0.1, -0.05) is 35.5 Å². The van der Waals surface area contributed by atoms with Crippen LogP contribution >= 0.6 is 0 Å². The maximum absolute atomic E-state index is 12.3. The first-order chi connectivity index (χ1) is 14.1. The van der Waals surface area contributed by atoms with Crippen LogP contribution in [0.5, 0.6) is 5.75 Å². The summed E-state index contributed by atoms with van der Waals surface area (Å²) in [4.78, 5) is 35.9. The molecule has 0 atom stereocenters. The molecule has 2 aromatic carbocycles. The van der Waals surface area contributed by atoms with Crippen LogP contribution in [0.3, 0.4) is 0 Å². The first kappa shape index (κ1) is 18.4. The van der Waals surface area contributed by atoms with E-state index in [-0.39, 0.29) is 23.8 Å². The molecule has 1 N–H and O–H groups in total. The summed E-state index contributed by atoms with van der Waals surface area (Å²) < 4.78 is 11.8. The first-order valence-electron chi connectivity index (χ1n) is 8.79. The fraction of sp³-hybridized carbons (Fsp3) is 0.150. The highest BCUT2D eigenvalue weighted by Crippen LogP contribution is 2.28. The number of hydrogen-bond acceptors (Lipinski definition) is 7. The van der Waals surface area contributed by atoms with Gasteiger partial charge in [-0.3, -0.25) is 9.59 Å². The summed E-state index contributed by atoms with van der Waals surface area (Å²) in [5.41, 5.74) is 1.72. The highest BCUT2D eigenvalue weighted by atomic mass is 16.5. The number of anilines is 1. The number of carbonyl (C=O) groups is 3. The molecule has 1 amide bonds. The summed E-state index contributed by atoms with van der Waals surface area (Å²) >= 11 is 0. The second kappa shape index (κ2) is 7.93. The van der Waals surface area contributed by atoms with Crippen molar-refractivity contribution >= 4 is 23.3 Å². The van der Waals surface area contributed by atoms with E-state index in [1.165, 1.54) is 16.9 Å². The van der Waals surface area contributed by atoms with Crippen molar-refractivity contribution in [3.05, 3.63) is 71.5 Å². The number of benzene rings is 2. The molecular formula is C20H16N4O5. The topological polar surface area (TPSA) is 112 Å². The Morgan fingerprint density at radius 3 is 2.83 bits per heavy atom.